The van der Waals surface area contributed by atoms with Gasteiger partial charge in [0.15, 0.2) is 0 Å². The number of unbranched alkanes of at least 4 members (excludes halogenated alkanes) is 2. The molecule has 0 radical (unpaired) electrons. The van der Waals surface area contributed by atoms with E-state index in [0.717, 1.165) is 31.5 Å². The third-order valence-electron chi connectivity index (χ3n) is 4.98. The summed E-state index contributed by atoms with van der Waals surface area (Å²) in [6, 6.07) is 14.1. The smallest absolute Gasteiger partial charge is 0.292 e. The van der Waals surface area contributed by atoms with E-state index in [0.29, 0.717) is 30.8 Å². The number of carbonyl (C=O) groups is 1. The molecule has 0 aromatic heterocycles. The summed E-state index contributed by atoms with van der Waals surface area (Å²) < 4.78 is 0. The van der Waals surface area contributed by atoms with Crippen molar-refractivity contribution >= 4 is 22.8 Å². The molecule has 0 unspecified atom stereocenters. The van der Waals surface area contributed by atoms with Crippen molar-refractivity contribution in [1.29, 1.82) is 0 Å². The van der Waals surface area contributed by atoms with E-state index in [2.05, 4.69) is 5.32 Å². The molecule has 0 bridgehead atoms. The van der Waals surface area contributed by atoms with Crippen molar-refractivity contribution in [2.24, 2.45) is 0 Å². The van der Waals surface area contributed by atoms with Gasteiger partial charge < -0.3 is 15.5 Å². The molecule has 0 heterocycles. The molecule has 3 N–H and O–H groups in total. The average molecular weight is 430 g/mol. The van der Waals surface area contributed by atoms with Gasteiger partial charge in [0.25, 0.3) is 5.69 Å². The Balaban J connectivity index is 1.83. The number of nitro groups is 1. The van der Waals surface area contributed by atoms with Crippen LogP contribution in [0.15, 0.2) is 48.5 Å². The van der Waals surface area contributed by atoms with E-state index in [1.807, 2.05) is 35.2 Å². The molecule has 0 amide bonds. The van der Waals surface area contributed by atoms with Crippen LogP contribution in [0.4, 0.5) is 17.1 Å². The number of rotatable bonds is 15. The van der Waals surface area contributed by atoms with E-state index in [-0.39, 0.29) is 31.1 Å². The van der Waals surface area contributed by atoms with Gasteiger partial charge in [-0.05, 0) is 43.1 Å². The summed E-state index contributed by atoms with van der Waals surface area (Å²) in [7, 11) is 0. The minimum absolute atomic E-state index is 0.0537. The number of aliphatic hydroxyl groups excluding tert-OH is 2. The van der Waals surface area contributed by atoms with Gasteiger partial charge in [0.2, 0.25) is 0 Å². The van der Waals surface area contributed by atoms with Crippen LogP contribution in [0.5, 0.6) is 0 Å². The predicted molar refractivity (Wildman–Crippen MR) is 121 cm³/mol. The minimum atomic E-state index is -0.441. The summed E-state index contributed by atoms with van der Waals surface area (Å²) in [5, 5.41) is 32.6. The first-order valence-corrected chi connectivity index (χ1v) is 10.6. The summed E-state index contributed by atoms with van der Waals surface area (Å²) >= 11 is 0. The summed E-state index contributed by atoms with van der Waals surface area (Å²) in [4.78, 5) is 25.3. The van der Waals surface area contributed by atoms with Crippen molar-refractivity contribution in [3.63, 3.8) is 0 Å². The lowest BCUT2D eigenvalue weighted by molar-refractivity contribution is -0.384. The number of nitrogens with one attached hydrogen (secondary N) is 1. The first-order valence-electron chi connectivity index (χ1n) is 10.6. The fourth-order valence-corrected chi connectivity index (χ4v) is 3.39. The van der Waals surface area contributed by atoms with Crippen molar-refractivity contribution in [2.75, 3.05) is 38.2 Å². The number of aliphatic hydroxyl groups is 2. The van der Waals surface area contributed by atoms with Crippen LogP contribution < -0.4 is 5.32 Å². The molecule has 0 saturated carbocycles. The molecule has 0 fully saturated rings. The highest BCUT2D eigenvalue weighted by molar-refractivity contribution is 5.81. The summed E-state index contributed by atoms with van der Waals surface area (Å²) in [5.74, 6) is 0.0561. The van der Waals surface area contributed by atoms with Gasteiger partial charge in [0, 0.05) is 37.7 Å². The SMILES string of the molecule is O=C(CCCCCN(CCO)CCO)Cc1ccc(Nc2ccccc2)c([N+](=O)[O-])c1. The number of hydrogen-bond acceptors (Lipinski definition) is 7. The maximum absolute atomic E-state index is 12.3. The van der Waals surface area contributed by atoms with Crippen LogP contribution in [0, 0.1) is 10.1 Å². The molecule has 2 aromatic rings. The second-order valence-electron chi connectivity index (χ2n) is 7.41. The van der Waals surface area contributed by atoms with Crippen LogP contribution in [0.1, 0.15) is 31.2 Å². The van der Waals surface area contributed by atoms with Gasteiger partial charge in [-0.2, -0.15) is 0 Å². The quantitative estimate of drug-likeness (QED) is 0.226. The third kappa shape index (κ3) is 8.84. The molecule has 2 aromatic carbocycles. The molecule has 168 valence electrons. The molecule has 0 aliphatic rings. The molecule has 31 heavy (non-hydrogen) atoms. The average Bonchev–Trinajstić information content (AvgIpc) is 2.75. The Hall–Kier alpha value is -2.81. The van der Waals surface area contributed by atoms with Crippen molar-refractivity contribution < 1.29 is 19.9 Å². The first kappa shape index (κ1) is 24.5. The first-order chi connectivity index (χ1) is 15.0. The zero-order chi connectivity index (χ0) is 22.5. The van der Waals surface area contributed by atoms with E-state index in [1.54, 1.807) is 12.1 Å². The highest BCUT2D eigenvalue weighted by Gasteiger charge is 2.16. The third-order valence-corrected chi connectivity index (χ3v) is 4.98. The van der Waals surface area contributed by atoms with E-state index >= 15 is 0 Å². The van der Waals surface area contributed by atoms with Crippen molar-refractivity contribution in [3.05, 3.63) is 64.2 Å². The summed E-state index contributed by atoms with van der Waals surface area (Å²) in [6.07, 6.45) is 3.11. The zero-order valence-corrected chi connectivity index (χ0v) is 17.7. The second kappa shape index (κ2) is 13.5. The van der Waals surface area contributed by atoms with Crippen LogP contribution in [0.2, 0.25) is 0 Å². The lowest BCUT2D eigenvalue weighted by Gasteiger charge is -2.19. The van der Waals surface area contributed by atoms with Gasteiger partial charge in [0.05, 0.1) is 18.1 Å². The van der Waals surface area contributed by atoms with Gasteiger partial charge in [-0.3, -0.25) is 19.8 Å². The number of Topliss-reactive ketones (excluding diaryl/α,β-unsaturated/α-hetero) is 1. The number of para-hydroxylation sites is 1. The lowest BCUT2D eigenvalue weighted by Crippen LogP contribution is -2.30. The standard InChI is InChI=1S/C23H31N3O5/c27-15-13-25(14-16-28)12-6-2-5-9-21(29)17-19-10-11-22(23(18-19)26(30)31)24-20-7-3-1-4-8-20/h1,3-4,7-8,10-11,18,24,27-28H,2,5-6,9,12-17H2. The van der Waals surface area contributed by atoms with E-state index in [4.69, 9.17) is 10.2 Å². The van der Waals surface area contributed by atoms with Gasteiger partial charge >= 0.3 is 0 Å². The fraction of sp³-hybridized carbons (Fsp3) is 0.435. The number of nitrogens with zero attached hydrogens (tertiary/aromatic N) is 2. The lowest BCUT2D eigenvalue weighted by atomic mass is 10.0. The second-order valence-corrected chi connectivity index (χ2v) is 7.41. The molecular weight excluding hydrogens is 398 g/mol. The Labute approximate surface area is 182 Å². The Bertz CT molecular complexity index is 823. The Morgan fingerprint density at radius 3 is 2.32 bits per heavy atom. The van der Waals surface area contributed by atoms with Crippen molar-refractivity contribution in [3.8, 4) is 0 Å². The van der Waals surface area contributed by atoms with Gasteiger partial charge in [-0.1, -0.05) is 30.7 Å². The van der Waals surface area contributed by atoms with Gasteiger partial charge in [0.1, 0.15) is 11.5 Å². The number of ketones is 1. The Morgan fingerprint density at radius 1 is 0.968 bits per heavy atom. The largest absolute Gasteiger partial charge is 0.395 e. The summed E-state index contributed by atoms with van der Waals surface area (Å²) in [5.41, 5.74) is 1.73. The molecule has 0 saturated heterocycles. The van der Waals surface area contributed by atoms with E-state index < -0.39 is 4.92 Å². The highest BCUT2D eigenvalue weighted by atomic mass is 16.6. The normalized spacial score (nSPS) is 10.9. The molecule has 0 atom stereocenters. The maximum atomic E-state index is 12.3. The Kier molecular flexibility index (Phi) is 10.6. The van der Waals surface area contributed by atoms with Crippen molar-refractivity contribution in [1.82, 2.24) is 4.90 Å². The monoisotopic (exact) mass is 429 g/mol. The van der Waals surface area contributed by atoms with E-state index in [9.17, 15) is 14.9 Å². The molecule has 2 rings (SSSR count). The number of anilines is 2. The maximum Gasteiger partial charge on any atom is 0.292 e. The zero-order valence-electron chi connectivity index (χ0n) is 17.7. The summed E-state index contributed by atoms with van der Waals surface area (Å²) in [6.45, 7) is 1.97. The topological polar surface area (TPSA) is 116 Å². The van der Waals surface area contributed by atoms with Crippen LogP contribution in [0.25, 0.3) is 0 Å². The van der Waals surface area contributed by atoms with Gasteiger partial charge in [-0.25, -0.2) is 0 Å². The van der Waals surface area contributed by atoms with Gasteiger partial charge in [-0.15, -0.1) is 0 Å². The van der Waals surface area contributed by atoms with Crippen LogP contribution in [-0.2, 0) is 11.2 Å². The molecule has 0 aliphatic carbocycles. The molecule has 8 nitrogen and oxygen atoms in total. The minimum Gasteiger partial charge on any atom is -0.395 e. The fourth-order valence-electron chi connectivity index (χ4n) is 3.39. The van der Waals surface area contributed by atoms with Crippen molar-refractivity contribution in [2.45, 2.75) is 32.1 Å². The van der Waals surface area contributed by atoms with E-state index in [1.165, 1.54) is 6.07 Å². The molecule has 0 aliphatic heterocycles. The molecule has 8 heteroatoms. The predicted octanol–water partition coefficient (Wildman–Crippen LogP) is 3.30. The highest BCUT2D eigenvalue weighted by Crippen LogP contribution is 2.29. The molecule has 0 spiro atoms. The van der Waals surface area contributed by atoms with Crippen LogP contribution in [-0.4, -0.2) is 58.7 Å². The van der Waals surface area contributed by atoms with Crippen LogP contribution in [0.3, 0.4) is 0 Å². The number of carbonyl (C=O) groups excluding carboxylic acids is 1. The van der Waals surface area contributed by atoms with Crippen LogP contribution >= 0.6 is 0 Å². The number of nitro benzene ring substituents is 1. The molecular formula is C23H31N3O5. The number of hydrogen-bond donors (Lipinski definition) is 3. The Morgan fingerprint density at radius 2 is 1.68 bits per heavy atom. The number of benzene rings is 2.